The van der Waals surface area contributed by atoms with E-state index in [0.717, 1.165) is 5.69 Å². The zero-order valence-corrected chi connectivity index (χ0v) is 8.16. The van der Waals surface area contributed by atoms with Crippen molar-refractivity contribution in [3.05, 3.63) is 28.8 Å². The van der Waals surface area contributed by atoms with Gasteiger partial charge in [-0.05, 0) is 6.07 Å². The molecule has 5 nitrogen and oxygen atoms in total. The van der Waals surface area contributed by atoms with E-state index in [1.54, 1.807) is 29.1 Å². The number of aromatic nitrogens is 3. The van der Waals surface area contributed by atoms with Crippen LogP contribution in [0.4, 0.5) is 11.8 Å². The van der Waals surface area contributed by atoms with E-state index in [1.165, 1.54) is 0 Å². The number of nitrogens with one attached hydrogen (secondary N) is 1. The van der Waals surface area contributed by atoms with Crippen LogP contribution in [0.1, 0.15) is 5.69 Å². The van der Waals surface area contributed by atoms with Crippen LogP contribution in [-0.4, -0.2) is 15.0 Å². The Labute approximate surface area is 85.0 Å². The van der Waals surface area contributed by atoms with Crippen LogP contribution in [-0.2, 0) is 6.54 Å². The zero-order valence-electron chi connectivity index (χ0n) is 7.34. The fourth-order valence-corrected chi connectivity index (χ4v) is 1.51. The number of anilines is 2. The molecule has 0 aliphatic rings. The Morgan fingerprint density at radius 2 is 2.36 bits per heavy atom. The van der Waals surface area contributed by atoms with Crippen LogP contribution in [0.15, 0.2) is 23.2 Å². The fourth-order valence-electron chi connectivity index (χ4n) is 0.952. The van der Waals surface area contributed by atoms with Crippen LogP contribution < -0.4 is 11.1 Å². The minimum atomic E-state index is 0.459. The molecule has 0 aromatic carbocycles. The highest BCUT2D eigenvalue weighted by molar-refractivity contribution is 7.07. The monoisotopic (exact) mass is 207 g/mol. The third-order valence-corrected chi connectivity index (χ3v) is 2.22. The highest BCUT2D eigenvalue weighted by Gasteiger charge is 1.97. The lowest BCUT2D eigenvalue weighted by Gasteiger charge is -2.01. The lowest BCUT2D eigenvalue weighted by atomic mass is 10.5. The molecule has 0 saturated carbocycles. The van der Waals surface area contributed by atoms with Gasteiger partial charge in [0.15, 0.2) is 0 Å². The summed E-state index contributed by atoms with van der Waals surface area (Å²) in [5.74, 6) is 0.985. The third-order valence-electron chi connectivity index (χ3n) is 1.59. The van der Waals surface area contributed by atoms with Crippen molar-refractivity contribution in [3.8, 4) is 0 Å². The molecule has 0 aliphatic heterocycles. The quantitative estimate of drug-likeness (QED) is 0.788. The lowest BCUT2D eigenvalue weighted by Crippen LogP contribution is -2.04. The second kappa shape index (κ2) is 4.01. The summed E-state index contributed by atoms with van der Waals surface area (Å²) in [6, 6.07) is 1.65. The van der Waals surface area contributed by atoms with E-state index in [0.29, 0.717) is 18.3 Å². The Balaban J connectivity index is 1.98. The van der Waals surface area contributed by atoms with Gasteiger partial charge in [0, 0.05) is 11.6 Å². The second-order valence-electron chi connectivity index (χ2n) is 2.64. The highest BCUT2D eigenvalue weighted by Crippen LogP contribution is 2.05. The number of nitrogens with two attached hydrogens (primary N) is 1. The molecule has 0 unspecified atom stereocenters. The van der Waals surface area contributed by atoms with Crippen molar-refractivity contribution < 1.29 is 0 Å². The van der Waals surface area contributed by atoms with Crippen molar-refractivity contribution in [2.24, 2.45) is 0 Å². The zero-order chi connectivity index (χ0) is 9.80. The first-order valence-corrected chi connectivity index (χ1v) is 4.98. The van der Waals surface area contributed by atoms with Gasteiger partial charge in [0.2, 0.25) is 5.95 Å². The summed E-state index contributed by atoms with van der Waals surface area (Å²) in [4.78, 5) is 12.1. The molecule has 2 heterocycles. The summed E-state index contributed by atoms with van der Waals surface area (Å²) in [6.07, 6.45) is 1.62. The van der Waals surface area contributed by atoms with E-state index in [1.807, 2.05) is 5.38 Å². The van der Waals surface area contributed by atoms with Crippen molar-refractivity contribution in [3.63, 3.8) is 0 Å². The molecule has 14 heavy (non-hydrogen) atoms. The molecule has 2 aromatic rings. The summed E-state index contributed by atoms with van der Waals surface area (Å²) in [5.41, 5.74) is 8.26. The Hall–Kier alpha value is -1.69. The molecule has 0 aliphatic carbocycles. The summed E-state index contributed by atoms with van der Waals surface area (Å²) >= 11 is 1.56. The summed E-state index contributed by atoms with van der Waals surface area (Å²) < 4.78 is 0. The van der Waals surface area contributed by atoms with Gasteiger partial charge in [0.25, 0.3) is 0 Å². The van der Waals surface area contributed by atoms with Crippen LogP contribution in [0.3, 0.4) is 0 Å². The van der Waals surface area contributed by atoms with Crippen LogP contribution in [0, 0.1) is 0 Å². The molecule has 2 rings (SSSR count). The number of rotatable bonds is 3. The number of hydrogen-bond acceptors (Lipinski definition) is 6. The van der Waals surface area contributed by atoms with Crippen LogP contribution in [0.25, 0.3) is 0 Å². The Kier molecular flexibility index (Phi) is 2.55. The van der Waals surface area contributed by atoms with Gasteiger partial charge in [0.1, 0.15) is 5.82 Å². The van der Waals surface area contributed by atoms with E-state index in [9.17, 15) is 0 Å². The van der Waals surface area contributed by atoms with Gasteiger partial charge < -0.3 is 11.1 Å². The SMILES string of the molecule is Nc1ccnc(NCc2cscn2)n1. The van der Waals surface area contributed by atoms with Gasteiger partial charge in [-0.15, -0.1) is 11.3 Å². The van der Waals surface area contributed by atoms with E-state index in [4.69, 9.17) is 5.73 Å². The van der Waals surface area contributed by atoms with Gasteiger partial charge in [-0.3, -0.25) is 0 Å². The molecule has 0 bridgehead atoms. The predicted molar refractivity (Wildman–Crippen MR) is 55.9 cm³/mol. The Bertz CT molecular complexity index is 400. The minimum Gasteiger partial charge on any atom is -0.384 e. The van der Waals surface area contributed by atoms with Gasteiger partial charge in [-0.2, -0.15) is 4.98 Å². The number of nitrogens with zero attached hydrogens (tertiary/aromatic N) is 3. The molecule has 72 valence electrons. The topological polar surface area (TPSA) is 76.7 Å². The smallest absolute Gasteiger partial charge is 0.224 e. The first-order chi connectivity index (χ1) is 6.84. The first kappa shape index (κ1) is 8.89. The molecule has 0 spiro atoms. The van der Waals surface area contributed by atoms with E-state index in [2.05, 4.69) is 20.3 Å². The van der Waals surface area contributed by atoms with Crippen molar-refractivity contribution in [2.45, 2.75) is 6.54 Å². The molecule has 0 saturated heterocycles. The van der Waals surface area contributed by atoms with Gasteiger partial charge in [-0.1, -0.05) is 0 Å². The molecular formula is C8H9N5S. The Morgan fingerprint density at radius 1 is 1.43 bits per heavy atom. The van der Waals surface area contributed by atoms with Crippen LogP contribution in [0.5, 0.6) is 0 Å². The average molecular weight is 207 g/mol. The number of hydrogen-bond donors (Lipinski definition) is 2. The predicted octanol–water partition coefficient (Wildman–Crippen LogP) is 1.13. The largest absolute Gasteiger partial charge is 0.384 e. The molecule has 2 aromatic heterocycles. The maximum Gasteiger partial charge on any atom is 0.224 e. The van der Waals surface area contributed by atoms with Crippen LogP contribution in [0.2, 0.25) is 0 Å². The fraction of sp³-hybridized carbons (Fsp3) is 0.125. The van der Waals surface area contributed by atoms with Gasteiger partial charge in [0.05, 0.1) is 17.7 Å². The van der Waals surface area contributed by atoms with Crippen molar-refractivity contribution in [1.82, 2.24) is 15.0 Å². The van der Waals surface area contributed by atoms with Crippen molar-refractivity contribution >= 4 is 23.1 Å². The molecule has 0 atom stereocenters. The third kappa shape index (κ3) is 2.17. The summed E-state index contributed by atoms with van der Waals surface area (Å²) in [6.45, 7) is 0.618. The molecule has 3 N–H and O–H groups in total. The second-order valence-corrected chi connectivity index (χ2v) is 3.36. The maximum absolute atomic E-state index is 5.50. The van der Waals surface area contributed by atoms with Crippen molar-refractivity contribution in [2.75, 3.05) is 11.1 Å². The van der Waals surface area contributed by atoms with E-state index >= 15 is 0 Å². The molecule has 6 heteroatoms. The minimum absolute atomic E-state index is 0.459. The Morgan fingerprint density at radius 3 is 3.07 bits per heavy atom. The van der Waals surface area contributed by atoms with Gasteiger partial charge in [-0.25, -0.2) is 9.97 Å². The molecule has 0 radical (unpaired) electrons. The lowest BCUT2D eigenvalue weighted by molar-refractivity contribution is 1.02. The molecular weight excluding hydrogens is 198 g/mol. The number of thiazole rings is 1. The normalized spacial score (nSPS) is 10.0. The summed E-state index contributed by atoms with van der Waals surface area (Å²) in [7, 11) is 0. The van der Waals surface area contributed by atoms with E-state index in [-0.39, 0.29) is 0 Å². The average Bonchev–Trinajstić information content (AvgIpc) is 2.67. The number of nitrogen functional groups attached to an aromatic ring is 1. The summed E-state index contributed by atoms with van der Waals surface area (Å²) in [5, 5.41) is 5.00. The van der Waals surface area contributed by atoms with Gasteiger partial charge >= 0.3 is 0 Å². The van der Waals surface area contributed by atoms with Crippen LogP contribution >= 0.6 is 11.3 Å². The molecule has 0 amide bonds. The molecule has 0 fully saturated rings. The maximum atomic E-state index is 5.50. The van der Waals surface area contributed by atoms with Crippen molar-refractivity contribution in [1.29, 1.82) is 0 Å². The first-order valence-electron chi connectivity index (χ1n) is 4.04. The highest BCUT2D eigenvalue weighted by atomic mass is 32.1. The van der Waals surface area contributed by atoms with E-state index < -0.39 is 0 Å². The standard InChI is InChI=1S/C8H9N5S/c9-7-1-2-10-8(13-7)11-3-6-4-14-5-12-6/h1-2,4-5H,3H2,(H3,9,10,11,13).